The van der Waals surface area contributed by atoms with Crippen molar-refractivity contribution in [2.24, 2.45) is 0 Å². The lowest BCUT2D eigenvalue weighted by Crippen LogP contribution is -2.25. The third-order valence-corrected chi connectivity index (χ3v) is 5.36. The number of nitro groups is 1. The van der Waals surface area contributed by atoms with Crippen LogP contribution in [0.1, 0.15) is 6.92 Å². The van der Waals surface area contributed by atoms with Gasteiger partial charge in [0.1, 0.15) is 4.21 Å². The van der Waals surface area contributed by atoms with Crippen LogP contribution in [0, 0.1) is 10.1 Å². The summed E-state index contributed by atoms with van der Waals surface area (Å²) in [5.74, 6) is 0. The lowest BCUT2D eigenvalue weighted by Gasteiger charge is -2.12. The molecule has 2 N–H and O–H groups in total. The van der Waals surface area contributed by atoms with Crippen molar-refractivity contribution < 1.29 is 13.3 Å². The van der Waals surface area contributed by atoms with Crippen LogP contribution in [0.15, 0.2) is 10.3 Å². The van der Waals surface area contributed by atoms with Crippen LogP contribution in [0.2, 0.25) is 0 Å². The molecule has 0 saturated carbocycles. The zero-order valence-corrected chi connectivity index (χ0v) is 10.3. The molecule has 0 saturated heterocycles. The highest BCUT2D eigenvalue weighted by Gasteiger charge is 2.27. The second-order valence-electron chi connectivity index (χ2n) is 2.99. The molecule has 7 nitrogen and oxygen atoms in total. The predicted octanol–water partition coefficient (Wildman–Crippen LogP) is 0.879. The summed E-state index contributed by atoms with van der Waals surface area (Å²) in [6.07, 6.45) is 0. The number of nitrogens with zero attached hydrogens (tertiary/aromatic N) is 2. The van der Waals surface area contributed by atoms with Gasteiger partial charge in [0.2, 0.25) is 0 Å². The van der Waals surface area contributed by atoms with E-state index in [0.29, 0.717) is 11.3 Å². The number of anilines is 1. The number of hydrogen-bond acceptors (Lipinski definition) is 6. The monoisotopic (exact) mass is 265 g/mol. The Kier molecular flexibility index (Phi) is 3.51. The predicted molar refractivity (Wildman–Crippen MR) is 60.9 cm³/mol. The molecule has 0 amide bonds. The van der Waals surface area contributed by atoms with Crippen molar-refractivity contribution in [3.8, 4) is 0 Å². The van der Waals surface area contributed by atoms with Crippen LogP contribution in [0.3, 0.4) is 0 Å². The normalized spacial score (nSPS) is 11.9. The zero-order chi connectivity index (χ0) is 12.5. The highest BCUT2D eigenvalue weighted by atomic mass is 32.2. The molecule has 1 aromatic rings. The third-order valence-electron chi connectivity index (χ3n) is 2.02. The first kappa shape index (κ1) is 12.9. The Hall–Kier alpha value is -1.19. The van der Waals surface area contributed by atoms with E-state index in [4.69, 9.17) is 5.73 Å². The minimum Gasteiger partial charge on any atom is -0.385 e. The smallest absolute Gasteiger partial charge is 0.304 e. The van der Waals surface area contributed by atoms with Crippen LogP contribution < -0.4 is 5.73 Å². The molecule has 9 heteroatoms. The molecule has 1 aromatic heterocycles. The van der Waals surface area contributed by atoms with Gasteiger partial charge in [-0.1, -0.05) is 18.3 Å². The fourth-order valence-electron chi connectivity index (χ4n) is 0.966. The summed E-state index contributed by atoms with van der Waals surface area (Å²) in [5, 5.41) is 10.4. The lowest BCUT2D eigenvalue weighted by molar-refractivity contribution is -0.383. The van der Waals surface area contributed by atoms with Gasteiger partial charge in [-0.2, -0.15) is 0 Å². The highest BCUT2D eigenvalue weighted by molar-refractivity contribution is 7.91. The van der Waals surface area contributed by atoms with Gasteiger partial charge in [-0.05, 0) is 0 Å². The number of hydrogen-bond donors (Lipinski definition) is 1. The summed E-state index contributed by atoms with van der Waals surface area (Å²) >= 11 is 0.700. The third kappa shape index (κ3) is 2.15. The summed E-state index contributed by atoms with van der Waals surface area (Å²) in [4.78, 5) is 9.83. The van der Waals surface area contributed by atoms with Crippen molar-refractivity contribution in [2.75, 3.05) is 19.3 Å². The Bertz CT molecular complexity index is 508. The van der Waals surface area contributed by atoms with Gasteiger partial charge < -0.3 is 5.73 Å². The molecule has 0 spiro atoms. The molecule has 0 atom stereocenters. The molecule has 0 aliphatic heterocycles. The van der Waals surface area contributed by atoms with E-state index in [2.05, 4.69) is 0 Å². The molecule has 1 rings (SSSR count). The summed E-state index contributed by atoms with van der Waals surface area (Å²) < 4.78 is 24.6. The second kappa shape index (κ2) is 4.36. The quantitative estimate of drug-likeness (QED) is 0.642. The molecule has 0 aliphatic rings. The van der Waals surface area contributed by atoms with Crippen LogP contribution in [0.25, 0.3) is 0 Å². The molecule has 0 aliphatic carbocycles. The molecule has 16 heavy (non-hydrogen) atoms. The van der Waals surface area contributed by atoms with E-state index in [1.165, 1.54) is 7.05 Å². The summed E-state index contributed by atoms with van der Waals surface area (Å²) in [7, 11) is -2.26. The molecule has 0 fully saturated rings. The van der Waals surface area contributed by atoms with Crippen LogP contribution in [0.4, 0.5) is 10.7 Å². The molecule has 0 radical (unpaired) electrons. The van der Waals surface area contributed by atoms with Gasteiger partial charge in [0.15, 0.2) is 5.00 Å². The summed E-state index contributed by atoms with van der Waals surface area (Å²) in [6, 6.07) is 0.988. The van der Waals surface area contributed by atoms with Crippen LogP contribution in [-0.4, -0.2) is 31.2 Å². The summed E-state index contributed by atoms with van der Waals surface area (Å²) in [5.41, 5.74) is 5.01. The van der Waals surface area contributed by atoms with Crippen molar-refractivity contribution in [1.29, 1.82) is 0 Å². The van der Waals surface area contributed by atoms with E-state index in [9.17, 15) is 18.5 Å². The van der Waals surface area contributed by atoms with Crippen molar-refractivity contribution >= 4 is 32.0 Å². The minimum absolute atomic E-state index is 0.104. The Morgan fingerprint density at radius 3 is 2.56 bits per heavy atom. The van der Waals surface area contributed by atoms with Crippen molar-refractivity contribution in [2.45, 2.75) is 11.1 Å². The molecular formula is C7H11N3O4S2. The molecule has 0 unspecified atom stereocenters. The van der Waals surface area contributed by atoms with Crippen LogP contribution in [0.5, 0.6) is 0 Å². The van der Waals surface area contributed by atoms with Gasteiger partial charge in [0.25, 0.3) is 10.0 Å². The first-order chi connectivity index (χ1) is 7.30. The van der Waals surface area contributed by atoms with Crippen molar-refractivity contribution in [3.05, 3.63) is 16.2 Å². The van der Waals surface area contributed by atoms with Gasteiger partial charge >= 0.3 is 5.69 Å². The second-order valence-corrected chi connectivity index (χ2v) is 6.35. The Morgan fingerprint density at radius 1 is 1.62 bits per heavy atom. The summed E-state index contributed by atoms with van der Waals surface area (Å²) in [6.45, 7) is 1.96. The van der Waals surface area contributed by atoms with Crippen LogP contribution >= 0.6 is 11.3 Å². The lowest BCUT2D eigenvalue weighted by atomic mass is 10.5. The number of rotatable bonds is 4. The molecule has 90 valence electrons. The number of thiophene rings is 1. The van der Waals surface area contributed by atoms with E-state index >= 15 is 0 Å². The van der Waals surface area contributed by atoms with Crippen LogP contribution in [-0.2, 0) is 10.0 Å². The van der Waals surface area contributed by atoms with E-state index in [1.54, 1.807) is 6.92 Å². The van der Waals surface area contributed by atoms with Crippen molar-refractivity contribution in [3.63, 3.8) is 0 Å². The molecule has 0 aromatic carbocycles. The largest absolute Gasteiger partial charge is 0.385 e. The SMILES string of the molecule is CCN(C)S(=O)(=O)c1cc([N+](=O)[O-])c(N)s1. The number of nitrogen functional groups attached to an aromatic ring is 1. The van der Waals surface area contributed by atoms with E-state index in [0.717, 1.165) is 10.4 Å². The standard InChI is InChI=1S/C7H11N3O4S2/c1-3-9(2)16(13,14)6-4-5(10(11)12)7(8)15-6/h4H,3,8H2,1-2H3. The van der Waals surface area contributed by atoms with Gasteiger partial charge in [0.05, 0.1) is 4.92 Å². The highest BCUT2D eigenvalue weighted by Crippen LogP contribution is 2.35. The maximum absolute atomic E-state index is 11.8. The Labute approximate surface area is 96.7 Å². The van der Waals surface area contributed by atoms with E-state index in [-0.39, 0.29) is 21.4 Å². The average Bonchev–Trinajstić information content (AvgIpc) is 2.59. The van der Waals surface area contributed by atoms with E-state index < -0.39 is 14.9 Å². The molecular weight excluding hydrogens is 254 g/mol. The van der Waals surface area contributed by atoms with Crippen molar-refractivity contribution in [1.82, 2.24) is 4.31 Å². The maximum Gasteiger partial charge on any atom is 0.304 e. The van der Waals surface area contributed by atoms with Gasteiger partial charge in [0, 0.05) is 19.7 Å². The average molecular weight is 265 g/mol. The van der Waals surface area contributed by atoms with Gasteiger partial charge in [-0.25, -0.2) is 12.7 Å². The minimum atomic E-state index is -3.66. The molecule has 1 heterocycles. The first-order valence-corrected chi connectivity index (χ1v) is 6.56. The maximum atomic E-state index is 11.8. The number of sulfonamides is 1. The fourth-order valence-corrected chi connectivity index (χ4v) is 3.57. The van der Waals surface area contributed by atoms with Gasteiger partial charge in [-0.15, -0.1) is 0 Å². The zero-order valence-electron chi connectivity index (χ0n) is 8.71. The number of nitrogens with two attached hydrogens (primary N) is 1. The fraction of sp³-hybridized carbons (Fsp3) is 0.429. The molecule has 0 bridgehead atoms. The Morgan fingerprint density at radius 2 is 2.19 bits per heavy atom. The Balaban J connectivity index is 3.26. The first-order valence-electron chi connectivity index (χ1n) is 4.30. The van der Waals surface area contributed by atoms with Gasteiger partial charge in [-0.3, -0.25) is 10.1 Å². The van der Waals surface area contributed by atoms with E-state index in [1.807, 2.05) is 0 Å². The topological polar surface area (TPSA) is 107 Å².